The first-order valence-electron chi connectivity index (χ1n) is 9.67. The van der Waals surface area contributed by atoms with Crippen LogP contribution in [0.1, 0.15) is 0 Å². The highest BCUT2D eigenvalue weighted by molar-refractivity contribution is 5.89. The van der Waals surface area contributed by atoms with E-state index in [4.69, 9.17) is 4.74 Å². The lowest BCUT2D eigenvalue weighted by Gasteiger charge is -2.35. The number of nitrogens with one attached hydrogen (secondary N) is 1. The van der Waals surface area contributed by atoms with Crippen LogP contribution in [0.3, 0.4) is 0 Å². The molecule has 0 atom stereocenters. The van der Waals surface area contributed by atoms with Gasteiger partial charge in [0.05, 0.1) is 12.8 Å². The van der Waals surface area contributed by atoms with Crippen LogP contribution in [0.15, 0.2) is 60.7 Å². The second kappa shape index (κ2) is 8.77. The second-order valence-electron chi connectivity index (χ2n) is 6.92. The molecule has 7 nitrogen and oxygen atoms in total. The van der Waals surface area contributed by atoms with Crippen LogP contribution >= 0.6 is 0 Å². The van der Waals surface area contributed by atoms with Crippen molar-refractivity contribution >= 4 is 17.5 Å². The van der Waals surface area contributed by atoms with Crippen molar-refractivity contribution in [3.05, 3.63) is 66.5 Å². The number of carbonyl (C=O) groups is 1. The molecule has 1 N–H and O–H groups in total. The third kappa shape index (κ3) is 4.48. The average Bonchev–Trinajstić information content (AvgIpc) is 2.80. The number of benzene rings is 2. The van der Waals surface area contributed by atoms with Gasteiger partial charge in [-0.05, 0) is 48.5 Å². The molecule has 0 saturated carbocycles. The quantitative estimate of drug-likeness (QED) is 0.715. The molecule has 1 saturated heterocycles. The van der Waals surface area contributed by atoms with Gasteiger partial charge < -0.3 is 19.9 Å². The highest BCUT2D eigenvalue weighted by Gasteiger charge is 2.22. The predicted octanol–water partition coefficient (Wildman–Crippen LogP) is 3.65. The molecular weight excluding hydrogens is 385 g/mol. The molecule has 30 heavy (non-hydrogen) atoms. The van der Waals surface area contributed by atoms with E-state index in [1.165, 1.54) is 12.1 Å². The Bertz CT molecular complexity index is 1000. The van der Waals surface area contributed by atoms with Gasteiger partial charge in [0.15, 0.2) is 5.82 Å². The number of ether oxygens (including phenoxy) is 1. The van der Waals surface area contributed by atoms with Crippen LogP contribution in [0.5, 0.6) is 5.75 Å². The van der Waals surface area contributed by atoms with E-state index in [0.717, 1.165) is 11.4 Å². The number of rotatable bonds is 4. The number of hydrogen-bond donors (Lipinski definition) is 1. The number of piperazine rings is 1. The van der Waals surface area contributed by atoms with E-state index in [-0.39, 0.29) is 11.8 Å². The number of nitrogens with zero attached hydrogens (tertiary/aromatic N) is 4. The zero-order valence-corrected chi connectivity index (χ0v) is 16.6. The van der Waals surface area contributed by atoms with E-state index in [1.807, 2.05) is 30.3 Å². The number of halogens is 1. The summed E-state index contributed by atoms with van der Waals surface area (Å²) in [4.78, 5) is 16.4. The van der Waals surface area contributed by atoms with Crippen molar-refractivity contribution in [1.82, 2.24) is 15.1 Å². The molecule has 4 rings (SSSR count). The van der Waals surface area contributed by atoms with E-state index >= 15 is 0 Å². The molecule has 0 bridgehead atoms. The minimum Gasteiger partial charge on any atom is -0.497 e. The Morgan fingerprint density at radius 2 is 1.77 bits per heavy atom. The maximum atomic E-state index is 13.1. The zero-order chi connectivity index (χ0) is 20.9. The number of anilines is 2. The van der Waals surface area contributed by atoms with Crippen LogP contribution < -0.4 is 15.0 Å². The molecule has 1 aromatic heterocycles. The molecule has 0 spiro atoms. The Labute approximate surface area is 174 Å². The minimum absolute atomic E-state index is 0.138. The Kier molecular flexibility index (Phi) is 5.74. The smallest absolute Gasteiger partial charge is 0.321 e. The number of aromatic nitrogens is 2. The Hall–Kier alpha value is -3.68. The maximum absolute atomic E-state index is 13.1. The highest BCUT2D eigenvalue weighted by Crippen LogP contribution is 2.21. The van der Waals surface area contributed by atoms with Crippen molar-refractivity contribution in [2.24, 2.45) is 0 Å². The van der Waals surface area contributed by atoms with E-state index in [0.29, 0.717) is 43.3 Å². The van der Waals surface area contributed by atoms with Gasteiger partial charge in [0.25, 0.3) is 0 Å². The Morgan fingerprint density at radius 1 is 1.00 bits per heavy atom. The van der Waals surface area contributed by atoms with Gasteiger partial charge in [-0.25, -0.2) is 9.18 Å². The molecule has 2 aromatic carbocycles. The van der Waals surface area contributed by atoms with Gasteiger partial charge in [-0.3, -0.25) is 0 Å². The van der Waals surface area contributed by atoms with Gasteiger partial charge in [-0.15, -0.1) is 10.2 Å². The molecule has 2 heterocycles. The van der Waals surface area contributed by atoms with Crippen molar-refractivity contribution in [3.8, 4) is 17.0 Å². The number of urea groups is 1. The summed E-state index contributed by atoms with van der Waals surface area (Å²) in [6.45, 7) is 2.49. The van der Waals surface area contributed by atoms with E-state index in [2.05, 4.69) is 20.4 Å². The van der Waals surface area contributed by atoms with Gasteiger partial charge in [0.1, 0.15) is 11.6 Å². The molecule has 0 aliphatic carbocycles. The maximum Gasteiger partial charge on any atom is 0.321 e. The second-order valence-corrected chi connectivity index (χ2v) is 6.92. The lowest BCUT2D eigenvalue weighted by molar-refractivity contribution is 0.208. The first kappa shape index (κ1) is 19.6. The summed E-state index contributed by atoms with van der Waals surface area (Å²) in [6.07, 6.45) is 0. The molecule has 0 radical (unpaired) electrons. The monoisotopic (exact) mass is 407 g/mol. The largest absolute Gasteiger partial charge is 0.497 e. The zero-order valence-electron chi connectivity index (χ0n) is 16.6. The van der Waals surface area contributed by atoms with Gasteiger partial charge in [-0.1, -0.05) is 6.07 Å². The van der Waals surface area contributed by atoms with Crippen molar-refractivity contribution in [1.29, 1.82) is 0 Å². The summed E-state index contributed by atoms with van der Waals surface area (Å²) in [6, 6.07) is 17.1. The Balaban J connectivity index is 1.33. The average molecular weight is 407 g/mol. The van der Waals surface area contributed by atoms with E-state index < -0.39 is 0 Å². The highest BCUT2D eigenvalue weighted by atomic mass is 19.1. The third-order valence-corrected chi connectivity index (χ3v) is 5.00. The van der Waals surface area contributed by atoms with Gasteiger partial charge in [0, 0.05) is 43.5 Å². The van der Waals surface area contributed by atoms with Gasteiger partial charge in [-0.2, -0.15) is 0 Å². The van der Waals surface area contributed by atoms with Crippen LogP contribution in [0.2, 0.25) is 0 Å². The molecule has 1 fully saturated rings. The SMILES string of the molecule is COc1cccc(NC(=O)N2CCN(c3ccc(-c4ccc(F)cc4)nn3)CC2)c1. The number of carbonyl (C=O) groups excluding carboxylic acids is 1. The summed E-state index contributed by atoms with van der Waals surface area (Å²) >= 11 is 0. The predicted molar refractivity (Wildman–Crippen MR) is 113 cm³/mol. The van der Waals surface area contributed by atoms with Gasteiger partial charge >= 0.3 is 6.03 Å². The first-order valence-corrected chi connectivity index (χ1v) is 9.67. The number of methoxy groups -OCH3 is 1. The van der Waals surface area contributed by atoms with Crippen molar-refractivity contribution in [2.45, 2.75) is 0 Å². The van der Waals surface area contributed by atoms with Crippen LogP contribution in [0.4, 0.5) is 20.7 Å². The molecule has 154 valence electrons. The number of amides is 2. The fourth-order valence-corrected chi connectivity index (χ4v) is 3.31. The third-order valence-electron chi connectivity index (χ3n) is 5.00. The summed E-state index contributed by atoms with van der Waals surface area (Å²) in [7, 11) is 1.59. The van der Waals surface area contributed by atoms with Crippen LogP contribution in [-0.2, 0) is 0 Å². The molecule has 0 unspecified atom stereocenters. The topological polar surface area (TPSA) is 70.6 Å². The summed E-state index contributed by atoms with van der Waals surface area (Å²) in [5, 5.41) is 11.5. The van der Waals surface area contributed by atoms with E-state index in [1.54, 1.807) is 30.2 Å². The minimum atomic E-state index is -0.281. The number of hydrogen-bond acceptors (Lipinski definition) is 5. The molecule has 1 aliphatic heterocycles. The molecular formula is C22H22FN5O2. The van der Waals surface area contributed by atoms with Crippen LogP contribution in [-0.4, -0.2) is 54.4 Å². The molecule has 3 aromatic rings. The van der Waals surface area contributed by atoms with Crippen molar-refractivity contribution in [2.75, 3.05) is 43.5 Å². The first-order chi connectivity index (χ1) is 14.6. The fourth-order valence-electron chi connectivity index (χ4n) is 3.31. The van der Waals surface area contributed by atoms with Crippen LogP contribution in [0.25, 0.3) is 11.3 Å². The Morgan fingerprint density at radius 3 is 2.43 bits per heavy atom. The standard InChI is InChI=1S/C22H22FN5O2/c1-30-19-4-2-3-18(15-19)24-22(29)28-13-11-27(12-14-28)21-10-9-20(25-26-21)16-5-7-17(23)8-6-16/h2-10,15H,11-14H2,1H3,(H,24,29). The summed E-state index contributed by atoms with van der Waals surface area (Å²) in [5.41, 5.74) is 2.20. The fraction of sp³-hybridized carbons (Fsp3) is 0.227. The molecule has 2 amide bonds. The van der Waals surface area contributed by atoms with Crippen LogP contribution in [0, 0.1) is 5.82 Å². The van der Waals surface area contributed by atoms with Crippen molar-refractivity contribution in [3.63, 3.8) is 0 Å². The normalized spacial score (nSPS) is 13.8. The summed E-state index contributed by atoms with van der Waals surface area (Å²) < 4.78 is 18.3. The van der Waals surface area contributed by atoms with Crippen molar-refractivity contribution < 1.29 is 13.9 Å². The van der Waals surface area contributed by atoms with Gasteiger partial charge in [0.2, 0.25) is 0 Å². The molecule has 1 aliphatic rings. The molecule has 8 heteroatoms. The lowest BCUT2D eigenvalue weighted by atomic mass is 10.1. The van der Waals surface area contributed by atoms with E-state index in [9.17, 15) is 9.18 Å². The lowest BCUT2D eigenvalue weighted by Crippen LogP contribution is -2.50. The summed E-state index contributed by atoms with van der Waals surface area (Å²) in [5.74, 6) is 1.17.